The molecule has 210 valence electrons. The molecule has 3 aliphatic rings. The summed E-state index contributed by atoms with van der Waals surface area (Å²) in [6, 6.07) is 18.4. The number of alkyl halides is 1. The number of halogens is 2. The van der Waals surface area contributed by atoms with E-state index in [1.54, 1.807) is 0 Å². The van der Waals surface area contributed by atoms with Gasteiger partial charge in [0.1, 0.15) is 18.3 Å². The molecule has 3 atom stereocenters. The zero-order valence-corrected chi connectivity index (χ0v) is 23.6. The Morgan fingerprint density at radius 3 is 2.93 bits per heavy atom. The fraction of sp³-hybridized carbons (Fsp3) is 0.406. The van der Waals surface area contributed by atoms with Crippen molar-refractivity contribution in [3.8, 4) is 23.1 Å². The molecule has 0 spiro atoms. The molecule has 2 aromatic carbocycles. The second-order valence-electron chi connectivity index (χ2n) is 11.5. The molecule has 2 aromatic heterocycles. The van der Waals surface area contributed by atoms with Crippen molar-refractivity contribution < 1.29 is 9.13 Å². The van der Waals surface area contributed by atoms with Gasteiger partial charge in [0.2, 0.25) is 5.88 Å². The lowest BCUT2D eigenvalue weighted by Gasteiger charge is -2.35. The summed E-state index contributed by atoms with van der Waals surface area (Å²) in [5.74, 6) is 0.515. The van der Waals surface area contributed by atoms with Crippen LogP contribution in [0.4, 0.5) is 10.1 Å². The van der Waals surface area contributed by atoms with E-state index in [-0.39, 0.29) is 11.6 Å². The van der Waals surface area contributed by atoms with Gasteiger partial charge in [-0.3, -0.25) is 9.88 Å². The zero-order chi connectivity index (χ0) is 28.0. The van der Waals surface area contributed by atoms with Crippen molar-refractivity contribution in [2.24, 2.45) is 0 Å². The molecule has 0 aliphatic carbocycles. The highest BCUT2D eigenvalue weighted by Crippen LogP contribution is 2.41. The number of benzene rings is 2. The van der Waals surface area contributed by atoms with Crippen LogP contribution in [0, 0.1) is 11.3 Å². The van der Waals surface area contributed by atoms with Gasteiger partial charge in [-0.1, -0.05) is 41.9 Å². The standard InChI is InChI=1S/C32H32ClFN6O/c33-26-7-2-5-21-4-1-6-25(30(21)26)22-14-27-31(37-17-22)28(39-13-11-36-24(19-39)8-10-35)15-29(38-27)41-20-32-9-3-12-40(32)18-23(34)16-32/h1-2,4-7,14-15,17,23-24,36H,3,8-9,11-13,16,18-20H2/t23-,24+,32+/m1/s1. The van der Waals surface area contributed by atoms with Crippen molar-refractivity contribution in [3.05, 3.63) is 59.8 Å². The number of ether oxygens (including phenoxy) is 1. The van der Waals surface area contributed by atoms with Gasteiger partial charge in [0.15, 0.2) is 0 Å². The van der Waals surface area contributed by atoms with Gasteiger partial charge >= 0.3 is 0 Å². The fourth-order valence-electron chi connectivity index (χ4n) is 7.02. The van der Waals surface area contributed by atoms with E-state index in [2.05, 4.69) is 45.5 Å². The number of rotatable bonds is 6. The highest BCUT2D eigenvalue weighted by molar-refractivity contribution is 6.36. The van der Waals surface area contributed by atoms with Crippen molar-refractivity contribution in [3.63, 3.8) is 0 Å². The lowest BCUT2D eigenvalue weighted by molar-refractivity contribution is 0.111. The maximum Gasteiger partial charge on any atom is 0.216 e. The van der Waals surface area contributed by atoms with Crippen molar-refractivity contribution in [1.29, 1.82) is 5.26 Å². The van der Waals surface area contributed by atoms with E-state index in [0.29, 0.717) is 43.4 Å². The summed E-state index contributed by atoms with van der Waals surface area (Å²) in [6.07, 6.45) is 4.02. The van der Waals surface area contributed by atoms with Crippen LogP contribution in [0.2, 0.25) is 5.02 Å². The van der Waals surface area contributed by atoms with Crippen LogP contribution in [-0.2, 0) is 0 Å². The van der Waals surface area contributed by atoms with Crippen LogP contribution in [0.5, 0.6) is 5.88 Å². The number of anilines is 1. The molecule has 3 fully saturated rings. The molecule has 3 saturated heterocycles. The molecule has 0 radical (unpaired) electrons. The number of nitrogens with zero attached hydrogens (tertiary/aromatic N) is 5. The number of piperazine rings is 1. The van der Waals surface area contributed by atoms with Gasteiger partial charge < -0.3 is 15.0 Å². The molecule has 7 rings (SSSR count). The average Bonchev–Trinajstić information content (AvgIpc) is 3.51. The Morgan fingerprint density at radius 1 is 1.17 bits per heavy atom. The second-order valence-corrected chi connectivity index (χ2v) is 11.9. The van der Waals surface area contributed by atoms with E-state index in [9.17, 15) is 9.65 Å². The Labute approximate surface area is 243 Å². The number of hydrogen-bond donors (Lipinski definition) is 1. The minimum absolute atomic E-state index is 0.0735. The van der Waals surface area contributed by atoms with Crippen LogP contribution >= 0.6 is 11.6 Å². The number of nitriles is 1. The highest BCUT2D eigenvalue weighted by Gasteiger charge is 2.49. The summed E-state index contributed by atoms with van der Waals surface area (Å²) >= 11 is 6.66. The molecule has 1 N–H and O–H groups in total. The first kappa shape index (κ1) is 26.4. The minimum atomic E-state index is -0.809. The molecular weight excluding hydrogens is 539 g/mol. The summed E-state index contributed by atoms with van der Waals surface area (Å²) < 4.78 is 20.8. The van der Waals surface area contributed by atoms with Crippen LogP contribution in [0.15, 0.2) is 54.7 Å². The smallest absolute Gasteiger partial charge is 0.216 e. The number of fused-ring (bicyclic) bond motifs is 3. The van der Waals surface area contributed by atoms with E-state index in [1.807, 2.05) is 30.5 Å². The summed E-state index contributed by atoms with van der Waals surface area (Å²) in [7, 11) is 0. The summed E-state index contributed by atoms with van der Waals surface area (Å²) in [6.45, 7) is 4.06. The first-order chi connectivity index (χ1) is 20.0. The predicted octanol–water partition coefficient (Wildman–Crippen LogP) is 5.75. The lowest BCUT2D eigenvalue weighted by atomic mass is 9.95. The van der Waals surface area contributed by atoms with E-state index >= 15 is 0 Å². The van der Waals surface area contributed by atoms with Gasteiger partial charge in [0.25, 0.3) is 0 Å². The third-order valence-corrected chi connectivity index (χ3v) is 9.26. The van der Waals surface area contributed by atoms with Crippen LogP contribution in [0.1, 0.15) is 25.7 Å². The van der Waals surface area contributed by atoms with Crippen LogP contribution in [0.3, 0.4) is 0 Å². The molecule has 7 nitrogen and oxygen atoms in total. The van der Waals surface area contributed by atoms with E-state index in [0.717, 1.165) is 71.1 Å². The van der Waals surface area contributed by atoms with Gasteiger partial charge in [0, 0.05) is 66.9 Å². The van der Waals surface area contributed by atoms with Crippen molar-refractivity contribution in [1.82, 2.24) is 20.2 Å². The number of pyridine rings is 2. The largest absolute Gasteiger partial charge is 0.476 e. The van der Waals surface area contributed by atoms with E-state index in [1.165, 1.54) is 0 Å². The first-order valence-electron chi connectivity index (χ1n) is 14.4. The third-order valence-electron chi connectivity index (χ3n) is 8.95. The quantitative estimate of drug-likeness (QED) is 0.316. The van der Waals surface area contributed by atoms with Crippen molar-refractivity contribution >= 4 is 39.1 Å². The Kier molecular flexibility index (Phi) is 6.90. The van der Waals surface area contributed by atoms with Crippen LogP contribution in [-0.4, -0.2) is 72.0 Å². The summed E-state index contributed by atoms with van der Waals surface area (Å²) in [5, 5.41) is 15.5. The van der Waals surface area contributed by atoms with E-state index in [4.69, 9.17) is 26.3 Å². The molecule has 3 aliphatic heterocycles. The van der Waals surface area contributed by atoms with Gasteiger partial charge in [-0.25, -0.2) is 9.37 Å². The predicted molar refractivity (Wildman–Crippen MR) is 160 cm³/mol. The average molecular weight is 571 g/mol. The van der Waals surface area contributed by atoms with Gasteiger partial charge in [0.05, 0.1) is 29.2 Å². The fourth-order valence-corrected chi connectivity index (χ4v) is 7.30. The summed E-state index contributed by atoms with van der Waals surface area (Å²) in [5.41, 5.74) is 4.11. The van der Waals surface area contributed by atoms with Gasteiger partial charge in [-0.15, -0.1) is 0 Å². The minimum Gasteiger partial charge on any atom is -0.476 e. The number of hydrogen-bond acceptors (Lipinski definition) is 7. The molecule has 4 aromatic rings. The first-order valence-corrected chi connectivity index (χ1v) is 14.8. The maximum absolute atomic E-state index is 14.4. The second kappa shape index (κ2) is 10.7. The lowest BCUT2D eigenvalue weighted by Crippen LogP contribution is -2.50. The Morgan fingerprint density at radius 2 is 2.05 bits per heavy atom. The van der Waals surface area contributed by atoms with Gasteiger partial charge in [-0.2, -0.15) is 5.26 Å². The van der Waals surface area contributed by atoms with Crippen LogP contribution < -0.4 is 15.0 Å². The Bertz CT molecular complexity index is 1650. The molecule has 0 unspecified atom stereocenters. The number of aromatic nitrogens is 2. The zero-order valence-electron chi connectivity index (χ0n) is 22.8. The Balaban J connectivity index is 1.30. The molecule has 0 bridgehead atoms. The molecule has 41 heavy (non-hydrogen) atoms. The molecular formula is C32H32ClFN6O. The molecule has 5 heterocycles. The number of nitrogens with one attached hydrogen (secondary N) is 1. The molecule has 0 amide bonds. The van der Waals surface area contributed by atoms with Crippen molar-refractivity contribution in [2.45, 2.75) is 43.4 Å². The normalized spacial score (nSPS) is 24.6. The topological polar surface area (TPSA) is 77.3 Å². The Hall–Kier alpha value is -3.51. The highest BCUT2D eigenvalue weighted by atomic mass is 35.5. The third kappa shape index (κ3) is 4.86. The maximum atomic E-state index is 14.4. The van der Waals surface area contributed by atoms with Crippen LogP contribution in [0.25, 0.3) is 32.9 Å². The molecule has 0 saturated carbocycles. The SMILES string of the molecule is N#CC[C@H]1CN(c2cc(OC[C@@]34CCCN3C[C@H](F)C4)nc3cc(-c4cccc5cccc(Cl)c45)cnc23)CCN1. The van der Waals surface area contributed by atoms with Gasteiger partial charge in [-0.05, 0) is 42.5 Å². The van der Waals surface area contributed by atoms with Crippen molar-refractivity contribution in [2.75, 3.05) is 44.2 Å². The van der Waals surface area contributed by atoms with E-state index < -0.39 is 6.17 Å². The monoisotopic (exact) mass is 570 g/mol. The summed E-state index contributed by atoms with van der Waals surface area (Å²) in [4.78, 5) is 14.4. The molecule has 9 heteroatoms.